The number of amides is 1. The molecular formula is C6H7N3O2. The van der Waals surface area contributed by atoms with E-state index in [0.29, 0.717) is 0 Å². The van der Waals surface area contributed by atoms with Crippen molar-refractivity contribution in [3.05, 3.63) is 24.0 Å². The normalized spacial score (nSPS) is 9.18. The van der Waals surface area contributed by atoms with Crippen LogP contribution in [-0.2, 0) is 0 Å². The summed E-state index contributed by atoms with van der Waals surface area (Å²) in [6.07, 6.45) is 1.42. The van der Waals surface area contributed by atoms with Crippen molar-refractivity contribution in [3.8, 4) is 0 Å². The second-order valence-corrected chi connectivity index (χ2v) is 1.88. The number of carbonyl (C=O) groups excluding carboxylic acids is 1. The second kappa shape index (κ2) is 2.98. The van der Waals surface area contributed by atoms with Crippen LogP contribution in [0.15, 0.2) is 18.3 Å². The average molecular weight is 153 g/mol. The van der Waals surface area contributed by atoms with Gasteiger partial charge in [-0.2, -0.15) is 0 Å². The van der Waals surface area contributed by atoms with Gasteiger partial charge in [0.15, 0.2) is 5.69 Å². The van der Waals surface area contributed by atoms with Crippen molar-refractivity contribution >= 4 is 11.6 Å². The number of rotatable bonds is 1. The largest absolute Gasteiger partial charge is 0.397 e. The Hall–Kier alpha value is -1.62. The van der Waals surface area contributed by atoms with Crippen molar-refractivity contribution in [2.24, 2.45) is 0 Å². The molecule has 1 heterocycles. The smallest absolute Gasteiger partial charge is 0.295 e. The molecule has 1 aromatic heterocycles. The maximum Gasteiger partial charge on any atom is 0.295 e. The number of pyridine rings is 1. The summed E-state index contributed by atoms with van der Waals surface area (Å²) >= 11 is 0. The van der Waals surface area contributed by atoms with E-state index in [1.165, 1.54) is 17.7 Å². The van der Waals surface area contributed by atoms with Gasteiger partial charge in [-0.3, -0.25) is 10.0 Å². The van der Waals surface area contributed by atoms with E-state index in [4.69, 9.17) is 10.9 Å². The highest BCUT2D eigenvalue weighted by Gasteiger charge is 2.07. The molecule has 1 aromatic rings. The molecule has 0 aliphatic carbocycles. The van der Waals surface area contributed by atoms with Crippen LogP contribution in [0.4, 0.5) is 5.69 Å². The monoisotopic (exact) mass is 153 g/mol. The Morgan fingerprint density at radius 2 is 2.45 bits per heavy atom. The van der Waals surface area contributed by atoms with Gasteiger partial charge in [0.05, 0.1) is 5.69 Å². The highest BCUT2D eigenvalue weighted by molar-refractivity contribution is 5.96. The molecule has 0 spiro atoms. The predicted octanol–water partition coefficient (Wildman–Crippen LogP) is -0.217. The number of aromatic nitrogens is 1. The number of anilines is 1. The Labute approximate surface area is 62.8 Å². The quantitative estimate of drug-likeness (QED) is 0.384. The van der Waals surface area contributed by atoms with E-state index in [9.17, 15) is 4.79 Å². The van der Waals surface area contributed by atoms with Crippen LogP contribution in [0.1, 0.15) is 10.5 Å². The van der Waals surface area contributed by atoms with E-state index in [1.807, 2.05) is 0 Å². The zero-order valence-electron chi connectivity index (χ0n) is 5.61. The summed E-state index contributed by atoms with van der Waals surface area (Å²) < 4.78 is 0. The maximum absolute atomic E-state index is 10.7. The zero-order valence-corrected chi connectivity index (χ0v) is 5.61. The van der Waals surface area contributed by atoms with Gasteiger partial charge in [-0.05, 0) is 12.1 Å². The lowest BCUT2D eigenvalue weighted by atomic mass is 10.3. The van der Waals surface area contributed by atoms with Crippen LogP contribution in [0.25, 0.3) is 0 Å². The summed E-state index contributed by atoms with van der Waals surface area (Å²) in [6, 6.07) is 3.13. The molecule has 1 amide bonds. The SMILES string of the molecule is Nc1cccnc1C(=O)NO. The molecule has 0 fully saturated rings. The third-order valence-electron chi connectivity index (χ3n) is 1.16. The number of carbonyl (C=O) groups is 1. The molecule has 0 atom stereocenters. The molecule has 0 aliphatic heterocycles. The first-order valence-electron chi connectivity index (χ1n) is 2.90. The van der Waals surface area contributed by atoms with Crippen LogP contribution in [0.5, 0.6) is 0 Å². The molecule has 0 aliphatic rings. The molecule has 4 N–H and O–H groups in total. The van der Waals surface area contributed by atoms with Crippen LogP contribution < -0.4 is 11.2 Å². The maximum atomic E-state index is 10.7. The van der Waals surface area contributed by atoms with Crippen LogP contribution in [0.2, 0.25) is 0 Å². The number of nitrogens with two attached hydrogens (primary N) is 1. The molecule has 0 bridgehead atoms. The predicted molar refractivity (Wildman–Crippen MR) is 37.9 cm³/mol. The van der Waals surface area contributed by atoms with Crippen molar-refractivity contribution in [1.82, 2.24) is 10.5 Å². The molecule has 5 nitrogen and oxygen atoms in total. The van der Waals surface area contributed by atoms with Gasteiger partial charge in [-0.15, -0.1) is 0 Å². The van der Waals surface area contributed by atoms with Crippen LogP contribution in [-0.4, -0.2) is 16.1 Å². The molecular weight excluding hydrogens is 146 g/mol. The summed E-state index contributed by atoms with van der Waals surface area (Å²) in [6.45, 7) is 0. The molecule has 0 radical (unpaired) electrons. The number of hydroxylamine groups is 1. The second-order valence-electron chi connectivity index (χ2n) is 1.88. The lowest BCUT2D eigenvalue weighted by Crippen LogP contribution is -2.21. The zero-order chi connectivity index (χ0) is 8.27. The molecule has 58 valence electrons. The van der Waals surface area contributed by atoms with Gasteiger partial charge in [0.25, 0.3) is 5.91 Å². The topological polar surface area (TPSA) is 88.2 Å². The molecule has 5 heteroatoms. The Morgan fingerprint density at radius 1 is 1.73 bits per heavy atom. The van der Waals surface area contributed by atoms with Crippen molar-refractivity contribution in [2.75, 3.05) is 5.73 Å². The average Bonchev–Trinajstić information content (AvgIpc) is 2.04. The van der Waals surface area contributed by atoms with Crippen LogP contribution in [0.3, 0.4) is 0 Å². The van der Waals surface area contributed by atoms with Crippen molar-refractivity contribution in [1.29, 1.82) is 0 Å². The van der Waals surface area contributed by atoms with Crippen molar-refractivity contribution in [2.45, 2.75) is 0 Å². The Kier molecular flexibility index (Phi) is 2.03. The first-order valence-corrected chi connectivity index (χ1v) is 2.90. The standard InChI is InChI=1S/C6H7N3O2/c7-4-2-1-3-8-5(4)6(10)9-11/h1-3,11H,7H2,(H,9,10). The van der Waals surface area contributed by atoms with Gasteiger partial charge in [0.1, 0.15) is 0 Å². The highest BCUT2D eigenvalue weighted by atomic mass is 16.5. The summed E-state index contributed by atoms with van der Waals surface area (Å²) in [5, 5.41) is 8.22. The molecule has 0 unspecified atom stereocenters. The minimum Gasteiger partial charge on any atom is -0.397 e. The van der Waals surface area contributed by atoms with E-state index in [2.05, 4.69) is 4.98 Å². The molecule has 0 saturated carbocycles. The molecule has 11 heavy (non-hydrogen) atoms. The fraction of sp³-hybridized carbons (Fsp3) is 0. The molecule has 1 rings (SSSR count). The third kappa shape index (κ3) is 1.44. The lowest BCUT2D eigenvalue weighted by molar-refractivity contribution is 0.0702. The summed E-state index contributed by atoms with van der Waals surface area (Å²) in [7, 11) is 0. The van der Waals surface area contributed by atoms with Crippen molar-refractivity contribution in [3.63, 3.8) is 0 Å². The van der Waals surface area contributed by atoms with Gasteiger partial charge in [0.2, 0.25) is 0 Å². The number of hydrogen-bond donors (Lipinski definition) is 3. The van der Waals surface area contributed by atoms with E-state index in [1.54, 1.807) is 6.07 Å². The summed E-state index contributed by atoms with van der Waals surface area (Å²) in [5.74, 6) is -0.705. The van der Waals surface area contributed by atoms with Crippen molar-refractivity contribution < 1.29 is 10.0 Å². The summed E-state index contributed by atoms with van der Waals surface area (Å²) in [5.41, 5.74) is 7.06. The van der Waals surface area contributed by atoms with E-state index >= 15 is 0 Å². The summed E-state index contributed by atoms with van der Waals surface area (Å²) in [4.78, 5) is 14.4. The number of nitrogen functional groups attached to an aromatic ring is 1. The van der Waals surface area contributed by atoms with Gasteiger partial charge in [-0.1, -0.05) is 0 Å². The van der Waals surface area contributed by atoms with E-state index in [0.717, 1.165) is 0 Å². The fourth-order valence-electron chi connectivity index (χ4n) is 0.660. The van der Waals surface area contributed by atoms with Gasteiger partial charge in [-0.25, -0.2) is 10.5 Å². The van der Waals surface area contributed by atoms with E-state index < -0.39 is 5.91 Å². The molecule has 0 saturated heterocycles. The van der Waals surface area contributed by atoms with Crippen LogP contribution in [0, 0.1) is 0 Å². The third-order valence-corrected chi connectivity index (χ3v) is 1.16. The molecule has 0 aromatic carbocycles. The van der Waals surface area contributed by atoms with Gasteiger partial charge >= 0.3 is 0 Å². The highest BCUT2D eigenvalue weighted by Crippen LogP contribution is 2.05. The van der Waals surface area contributed by atoms with Gasteiger partial charge in [0, 0.05) is 6.20 Å². The Bertz CT molecular complexity index is 274. The minimum atomic E-state index is -0.705. The first-order chi connectivity index (χ1) is 5.25. The lowest BCUT2D eigenvalue weighted by Gasteiger charge is -1.99. The minimum absolute atomic E-state index is 0.0231. The Balaban J connectivity index is 3.03. The van der Waals surface area contributed by atoms with Gasteiger partial charge < -0.3 is 5.73 Å². The Morgan fingerprint density at radius 3 is 3.00 bits per heavy atom. The fourth-order valence-corrected chi connectivity index (χ4v) is 0.660. The van der Waals surface area contributed by atoms with E-state index in [-0.39, 0.29) is 11.4 Å². The first kappa shape index (κ1) is 7.49. The number of nitrogens with zero attached hydrogens (tertiary/aromatic N) is 1. The van der Waals surface area contributed by atoms with Crippen LogP contribution >= 0.6 is 0 Å². The number of hydrogen-bond acceptors (Lipinski definition) is 4. The number of nitrogens with one attached hydrogen (secondary N) is 1.